The summed E-state index contributed by atoms with van der Waals surface area (Å²) in [6.07, 6.45) is 0.0699. The minimum atomic E-state index is -0.314. The summed E-state index contributed by atoms with van der Waals surface area (Å²) in [5.74, 6) is 0.188. The van der Waals surface area contributed by atoms with E-state index in [1.165, 1.54) is 0 Å². The van der Waals surface area contributed by atoms with Gasteiger partial charge in [0.05, 0.1) is 6.42 Å². The van der Waals surface area contributed by atoms with E-state index in [1.54, 1.807) is 43.3 Å². The number of aryl methyl sites for hydroxylation is 1. The molecule has 31 heavy (non-hydrogen) atoms. The summed E-state index contributed by atoms with van der Waals surface area (Å²) in [4.78, 5) is 24.3. The zero-order valence-corrected chi connectivity index (χ0v) is 17.6. The van der Waals surface area contributed by atoms with Crippen LogP contribution in [0.4, 0.5) is 5.69 Å². The van der Waals surface area contributed by atoms with Crippen molar-refractivity contribution in [3.63, 3.8) is 0 Å². The van der Waals surface area contributed by atoms with Crippen molar-refractivity contribution in [3.05, 3.63) is 95.6 Å². The molecule has 0 heterocycles. The SMILES string of the molecule is CC(CC(=O)Nc1ccc(OCc2ccccc2)cc1)=NNC(=O)c1ccc(C)cc1. The lowest BCUT2D eigenvalue weighted by molar-refractivity contribution is -0.115. The van der Waals surface area contributed by atoms with E-state index in [0.717, 1.165) is 16.9 Å². The Kier molecular flexibility index (Phi) is 7.54. The number of rotatable bonds is 8. The second-order valence-corrected chi connectivity index (χ2v) is 7.18. The first-order valence-electron chi connectivity index (χ1n) is 9.96. The third kappa shape index (κ3) is 7.12. The van der Waals surface area contributed by atoms with E-state index < -0.39 is 0 Å². The molecule has 0 spiro atoms. The highest BCUT2D eigenvalue weighted by molar-refractivity contribution is 6.06. The summed E-state index contributed by atoms with van der Waals surface area (Å²) in [7, 11) is 0. The van der Waals surface area contributed by atoms with Crippen molar-refractivity contribution in [3.8, 4) is 5.75 Å². The maximum Gasteiger partial charge on any atom is 0.271 e. The van der Waals surface area contributed by atoms with Crippen LogP contribution in [0.3, 0.4) is 0 Å². The molecule has 3 rings (SSSR count). The molecule has 0 aliphatic heterocycles. The molecule has 0 saturated carbocycles. The van der Waals surface area contributed by atoms with Crippen molar-refractivity contribution in [2.24, 2.45) is 5.10 Å². The highest BCUT2D eigenvalue weighted by Gasteiger charge is 2.07. The van der Waals surface area contributed by atoms with Crippen molar-refractivity contribution >= 4 is 23.2 Å². The van der Waals surface area contributed by atoms with Crippen molar-refractivity contribution in [1.29, 1.82) is 0 Å². The Balaban J connectivity index is 1.45. The number of anilines is 1. The molecule has 0 aromatic heterocycles. The average Bonchev–Trinajstić information content (AvgIpc) is 2.78. The van der Waals surface area contributed by atoms with Crippen LogP contribution < -0.4 is 15.5 Å². The van der Waals surface area contributed by atoms with Gasteiger partial charge in [-0.2, -0.15) is 5.10 Å². The van der Waals surface area contributed by atoms with E-state index in [2.05, 4.69) is 15.8 Å². The van der Waals surface area contributed by atoms with E-state index >= 15 is 0 Å². The van der Waals surface area contributed by atoms with E-state index in [9.17, 15) is 9.59 Å². The van der Waals surface area contributed by atoms with Gasteiger partial charge >= 0.3 is 0 Å². The number of hydrogen-bond acceptors (Lipinski definition) is 4. The van der Waals surface area contributed by atoms with Gasteiger partial charge in [-0.15, -0.1) is 0 Å². The molecular formula is C25H25N3O3. The van der Waals surface area contributed by atoms with Crippen molar-refractivity contribution < 1.29 is 14.3 Å². The molecule has 2 N–H and O–H groups in total. The molecular weight excluding hydrogens is 390 g/mol. The number of carbonyl (C=O) groups is 2. The van der Waals surface area contributed by atoms with Gasteiger partial charge in [0.15, 0.2) is 0 Å². The topological polar surface area (TPSA) is 79.8 Å². The number of nitrogens with zero attached hydrogens (tertiary/aromatic N) is 1. The van der Waals surface area contributed by atoms with Crippen LogP contribution in [-0.4, -0.2) is 17.5 Å². The third-order valence-electron chi connectivity index (χ3n) is 4.46. The summed E-state index contributed by atoms with van der Waals surface area (Å²) in [5, 5.41) is 6.82. The lowest BCUT2D eigenvalue weighted by Crippen LogP contribution is -2.21. The summed E-state index contributed by atoms with van der Waals surface area (Å²) >= 11 is 0. The Labute approximate surface area is 182 Å². The van der Waals surface area contributed by atoms with E-state index in [0.29, 0.717) is 23.6 Å². The van der Waals surface area contributed by atoms with Crippen molar-refractivity contribution in [2.75, 3.05) is 5.32 Å². The summed E-state index contributed by atoms with van der Waals surface area (Å²) in [6.45, 7) is 4.12. The van der Waals surface area contributed by atoms with Crippen LogP contribution in [0.2, 0.25) is 0 Å². The standard InChI is InChI=1S/C25H25N3O3/c1-18-8-10-21(11-9-18)25(30)28-27-19(2)16-24(29)26-22-12-14-23(15-13-22)31-17-20-6-4-3-5-7-20/h3-15H,16-17H2,1-2H3,(H,26,29)(H,28,30). The molecule has 6 nitrogen and oxygen atoms in total. The molecule has 6 heteroatoms. The van der Waals surface area contributed by atoms with Gasteiger partial charge in [-0.3, -0.25) is 9.59 Å². The number of ether oxygens (including phenoxy) is 1. The molecule has 2 amide bonds. The molecule has 0 atom stereocenters. The maximum absolute atomic E-state index is 12.2. The first-order chi connectivity index (χ1) is 15.0. The second kappa shape index (κ2) is 10.7. The van der Waals surface area contributed by atoms with Gasteiger partial charge in [0, 0.05) is 17.0 Å². The fraction of sp³-hybridized carbons (Fsp3) is 0.160. The second-order valence-electron chi connectivity index (χ2n) is 7.18. The van der Waals surface area contributed by atoms with Gasteiger partial charge in [0.25, 0.3) is 5.91 Å². The Morgan fingerprint density at radius 3 is 2.26 bits per heavy atom. The van der Waals surface area contributed by atoms with Gasteiger partial charge in [-0.1, -0.05) is 48.0 Å². The fourth-order valence-electron chi connectivity index (χ4n) is 2.77. The normalized spacial score (nSPS) is 11.0. The lowest BCUT2D eigenvalue weighted by atomic mass is 10.1. The van der Waals surface area contributed by atoms with E-state index in [-0.39, 0.29) is 18.2 Å². The monoisotopic (exact) mass is 415 g/mol. The summed E-state index contributed by atoms with van der Waals surface area (Å²) in [6, 6.07) is 24.3. The largest absolute Gasteiger partial charge is 0.489 e. The van der Waals surface area contributed by atoms with Crippen LogP contribution in [0.15, 0.2) is 84.0 Å². The predicted molar refractivity (Wildman–Crippen MR) is 122 cm³/mol. The Bertz CT molecular complexity index is 1040. The summed E-state index contributed by atoms with van der Waals surface area (Å²) in [5.41, 5.74) is 6.31. The molecule has 158 valence electrons. The number of amides is 2. The molecule has 0 unspecified atom stereocenters. The summed E-state index contributed by atoms with van der Waals surface area (Å²) < 4.78 is 5.74. The smallest absolute Gasteiger partial charge is 0.271 e. The predicted octanol–water partition coefficient (Wildman–Crippen LogP) is 4.71. The Morgan fingerprint density at radius 2 is 1.58 bits per heavy atom. The highest BCUT2D eigenvalue weighted by atomic mass is 16.5. The van der Waals surface area contributed by atoms with Crippen LogP contribution in [-0.2, 0) is 11.4 Å². The average molecular weight is 415 g/mol. The molecule has 0 radical (unpaired) electrons. The van der Waals surface area contributed by atoms with Gasteiger partial charge in [0.1, 0.15) is 12.4 Å². The highest BCUT2D eigenvalue weighted by Crippen LogP contribution is 2.17. The molecule has 0 fully saturated rings. The van der Waals surface area contributed by atoms with Crippen LogP contribution in [0, 0.1) is 6.92 Å². The van der Waals surface area contributed by atoms with Crippen LogP contribution in [0.1, 0.15) is 34.8 Å². The molecule has 3 aromatic carbocycles. The van der Waals surface area contributed by atoms with Crippen LogP contribution in [0.25, 0.3) is 0 Å². The van der Waals surface area contributed by atoms with Gasteiger partial charge in [-0.25, -0.2) is 5.43 Å². The van der Waals surface area contributed by atoms with Gasteiger partial charge in [0.2, 0.25) is 5.91 Å². The lowest BCUT2D eigenvalue weighted by Gasteiger charge is -2.09. The molecule has 0 saturated heterocycles. The van der Waals surface area contributed by atoms with Gasteiger partial charge < -0.3 is 10.1 Å². The quantitative estimate of drug-likeness (QED) is 0.413. The van der Waals surface area contributed by atoms with E-state index in [1.807, 2.05) is 49.4 Å². The zero-order chi connectivity index (χ0) is 22.1. The number of benzene rings is 3. The molecule has 0 bridgehead atoms. The van der Waals surface area contributed by atoms with Crippen molar-refractivity contribution in [2.45, 2.75) is 26.9 Å². The molecule has 3 aromatic rings. The minimum Gasteiger partial charge on any atom is -0.489 e. The number of hydrazone groups is 1. The van der Waals surface area contributed by atoms with Gasteiger partial charge in [-0.05, 0) is 55.8 Å². The number of nitrogens with one attached hydrogen (secondary N) is 2. The van der Waals surface area contributed by atoms with Crippen LogP contribution in [0.5, 0.6) is 5.75 Å². The molecule has 0 aliphatic carbocycles. The maximum atomic E-state index is 12.2. The number of carbonyl (C=O) groups excluding carboxylic acids is 2. The Hall–Kier alpha value is -3.93. The van der Waals surface area contributed by atoms with E-state index in [4.69, 9.17) is 4.74 Å². The fourth-order valence-corrected chi connectivity index (χ4v) is 2.77. The third-order valence-corrected chi connectivity index (χ3v) is 4.46. The first kappa shape index (κ1) is 21.8. The molecule has 0 aliphatic rings. The van der Waals surface area contributed by atoms with Crippen molar-refractivity contribution in [1.82, 2.24) is 5.43 Å². The number of hydrogen-bond donors (Lipinski definition) is 2. The zero-order valence-electron chi connectivity index (χ0n) is 17.6. The minimum absolute atomic E-state index is 0.0699. The van der Waals surface area contributed by atoms with Crippen LogP contribution >= 0.6 is 0 Å². The first-order valence-corrected chi connectivity index (χ1v) is 9.96. The Morgan fingerprint density at radius 1 is 0.903 bits per heavy atom.